The van der Waals surface area contributed by atoms with E-state index in [1.165, 1.54) is 7.11 Å². The van der Waals surface area contributed by atoms with Crippen molar-refractivity contribution in [2.24, 2.45) is 5.41 Å². The van der Waals surface area contributed by atoms with Gasteiger partial charge in [0.1, 0.15) is 0 Å². The van der Waals surface area contributed by atoms with Crippen molar-refractivity contribution >= 4 is 23.2 Å². The molecule has 100 valence electrons. The third kappa shape index (κ3) is 3.32. The van der Waals surface area contributed by atoms with Gasteiger partial charge in [0.05, 0.1) is 18.1 Å². The molecule has 0 aliphatic carbocycles. The lowest BCUT2D eigenvalue weighted by molar-refractivity contribution is -0.150. The molecule has 0 saturated heterocycles. The third-order valence-electron chi connectivity index (χ3n) is 2.71. The first kappa shape index (κ1) is 14.7. The molecule has 1 amide bonds. The van der Waals surface area contributed by atoms with E-state index in [0.717, 1.165) is 9.75 Å². The van der Waals surface area contributed by atoms with Gasteiger partial charge in [0.15, 0.2) is 0 Å². The normalized spacial score (nSPS) is 11.2. The molecule has 0 bridgehead atoms. The summed E-state index contributed by atoms with van der Waals surface area (Å²) in [7, 11) is 1.35. The molecule has 1 aromatic rings. The van der Waals surface area contributed by atoms with E-state index < -0.39 is 5.41 Å². The van der Waals surface area contributed by atoms with Crippen molar-refractivity contribution in [3.63, 3.8) is 0 Å². The zero-order chi connectivity index (χ0) is 13.9. The number of hydrogen-bond acceptors (Lipinski definition) is 4. The quantitative estimate of drug-likeness (QED) is 0.853. The van der Waals surface area contributed by atoms with E-state index in [1.54, 1.807) is 25.2 Å². The second-order valence-corrected chi connectivity index (χ2v) is 6.35. The van der Waals surface area contributed by atoms with E-state index in [9.17, 15) is 9.59 Å². The van der Waals surface area contributed by atoms with Crippen LogP contribution < -0.4 is 5.32 Å². The predicted molar refractivity (Wildman–Crippen MR) is 71.9 cm³/mol. The van der Waals surface area contributed by atoms with Crippen LogP contribution in [0.1, 0.15) is 34.0 Å². The fourth-order valence-electron chi connectivity index (χ4n) is 1.60. The van der Waals surface area contributed by atoms with Crippen molar-refractivity contribution in [2.45, 2.75) is 27.7 Å². The molecular formula is C13H19NO3S. The number of carbonyl (C=O) groups is 2. The first-order valence-corrected chi connectivity index (χ1v) is 6.53. The van der Waals surface area contributed by atoms with Crippen LogP contribution >= 0.6 is 11.3 Å². The summed E-state index contributed by atoms with van der Waals surface area (Å²) in [5.74, 6) is -0.477. The van der Waals surface area contributed by atoms with Crippen LogP contribution in [-0.2, 0) is 9.53 Å². The minimum absolute atomic E-state index is 0.145. The Morgan fingerprint density at radius 2 is 2.00 bits per heavy atom. The summed E-state index contributed by atoms with van der Waals surface area (Å²) in [4.78, 5) is 25.6. The smallest absolute Gasteiger partial charge is 0.313 e. The zero-order valence-electron chi connectivity index (χ0n) is 11.4. The Kier molecular flexibility index (Phi) is 4.51. The van der Waals surface area contributed by atoms with Gasteiger partial charge in [0.25, 0.3) is 5.91 Å². The molecule has 0 aromatic carbocycles. The van der Waals surface area contributed by atoms with Gasteiger partial charge in [-0.15, -0.1) is 11.3 Å². The fraction of sp³-hybridized carbons (Fsp3) is 0.538. The molecule has 0 radical (unpaired) electrons. The van der Waals surface area contributed by atoms with Gasteiger partial charge in [-0.05, 0) is 33.8 Å². The van der Waals surface area contributed by atoms with E-state index in [4.69, 9.17) is 4.74 Å². The van der Waals surface area contributed by atoms with Crippen LogP contribution in [0.3, 0.4) is 0 Å². The SMILES string of the molecule is COC(=O)C(C)(C)CNC(=O)c1cc(C)sc1C. The van der Waals surface area contributed by atoms with Crippen LogP contribution in [-0.4, -0.2) is 25.5 Å². The lowest BCUT2D eigenvalue weighted by Crippen LogP contribution is -2.39. The van der Waals surface area contributed by atoms with Crippen LogP contribution in [0.2, 0.25) is 0 Å². The van der Waals surface area contributed by atoms with Gasteiger partial charge >= 0.3 is 5.97 Å². The molecule has 1 aromatic heterocycles. The van der Waals surface area contributed by atoms with Gasteiger partial charge in [-0.2, -0.15) is 0 Å². The molecule has 18 heavy (non-hydrogen) atoms. The lowest BCUT2D eigenvalue weighted by atomic mass is 9.93. The highest BCUT2D eigenvalue weighted by Crippen LogP contribution is 2.21. The summed E-state index contributed by atoms with van der Waals surface area (Å²) in [6.07, 6.45) is 0. The molecule has 0 aliphatic rings. The topological polar surface area (TPSA) is 55.4 Å². The average Bonchev–Trinajstić information content (AvgIpc) is 2.64. The molecule has 1 rings (SSSR count). The second-order valence-electron chi connectivity index (χ2n) is 4.89. The Morgan fingerprint density at radius 1 is 1.39 bits per heavy atom. The largest absolute Gasteiger partial charge is 0.469 e. The highest BCUT2D eigenvalue weighted by atomic mass is 32.1. The lowest BCUT2D eigenvalue weighted by Gasteiger charge is -2.21. The maximum Gasteiger partial charge on any atom is 0.313 e. The Labute approximate surface area is 111 Å². The fourth-order valence-corrected chi connectivity index (χ4v) is 2.52. The molecule has 0 saturated carbocycles. The van der Waals surface area contributed by atoms with Gasteiger partial charge in [0, 0.05) is 16.3 Å². The molecule has 1 N–H and O–H groups in total. The Bertz CT molecular complexity index is 463. The van der Waals surface area contributed by atoms with Crippen molar-refractivity contribution in [3.05, 3.63) is 21.4 Å². The van der Waals surface area contributed by atoms with E-state index in [0.29, 0.717) is 5.56 Å². The molecule has 0 aliphatic heterocycles. The molecule has 0 atom stereocenters. The monoisotopic (exact) mass is 269 g/mol. The van der Waals surface area contributed by atoms with Crippen LogP contribution in [0.25, 0.3) is 0 Å². The maximum atomic E-state index is 12.0. The van der Waals surface area contributed by atoms with Crippen molar-refractivity contribution in [3.8, 4) is 0 Å². The van der Waals surface area contributed by atoms with Gasteiger partial charge in [-0.25, -0.2) is 0 Å². The second kappa shape index (κ2) is 5.52. The average molecular weight is 269 g/mol. The molecular weight excluding hydrogens is 250 g/mol. The van der Waals surface area contributed by atoms with E-state index in [2.05, 4.69) is 5.32 Å². The summed E-state index contributed by atoms with van der Waals surface area (Å²) in [6, 6.07) is 1.86. The summed E-state index contributed by atoms with van der Waals surface area (Å²) in [6.45, 7) is 7.62. The van der Waals surface area contributed by atoms with Gasteiger partial charge in [-0.3, -0.25) is 9.59 Å². The number of esters is 1. The van der Waals surface area contributed by atoms with Gasteiger partial charge in [0.2, 0.25) is 0 Å². The van der Waals surface area contributed by atoms with Crippen LogP contribution in [0.15, 0.2) is 6.07 Å². The summed E-state index contributed by atoms with van der Waals surface area (Å²) in [5, 5.41) is 2.78. The molecule has 4 nitrogen and oxygen atoms in total. The Balaban J connectivity index is 2.67. The number of hydrogen-bond donors (Lipinski definition) is 1. The first-order chi connectivity index (χ1) is 8.27. The number of methoxy groups -OCH3 is 1. The minimum Gasteiger partial charge on any atom is -0.469 e. The molecule has 1 heterocycles. The summed E-state index contributed by atoms with van der Waals surface area (Å²) >= 11 is 1.59. The third-order valence-corrected chi connectivity index (χ3v) is 3.68. The van der Waals surface area contributed by atoms with Crippen molar-refractivity contribution < 1.29 is 14.3 Å². The van der Waals surface area contributed by atoms with Gasteiger partial charge < -0.3 is 10.1 Å². The zero-order valence-corrected chi connectivity index (χ0v) is 12.2. The van der Waals surface area contributed by atoms with Crippen molar-refractivity contribution in [2.75, 3.05) is 13.7 Å². The van der Waals surface area contributed by atoms with E-state index >= 15 is 0 Å². The van der Waals surface area contributed by atoms with Crippen LogP contribution in [0.4, 0.5) is 0 Å². The van der Waals surface area contributed by atoms with Crippen molar-refractivity contribution in [1.29, 1.82) is 0 Å². The van der Waals surface area contributed by atoms with Crippen LogP contribution in [0, 0.1) is 19.3 Å². The highest BCUT2D eigenvalue weighted by Gasteiger charge is 2.29. The molecule has 0 unspecified atom stereocenters. The number of nitrogens with one attached hydrogen (secondary N) is 1. The number of carbonyl (C=O) groups excluding carboxylic acids is 2. The first-order valence-electron chi connectivity index (χ1n) is 5.71. The van der Waals surface area contributed by atoms with Crippen molar-refractivity contribution in [1.82, 2.24) is 5.32 Å². The Morgan fingerprint density at radius 3 is 2.44 bits per heavy atom. The number of ether oxygens (including phenoxy) is 1. The highest BCUT2D eigenvalue weighted by molar-refractivity contribution is 7.12. The summed E-state index contributed by atoms with van der Waals surface area (Å²) in [5.41, 5.74) is -0.0400. The van der Waals surface area contributed by atoms with Gasteiger partial charge in [-0.1, -0.05) is 0 Å². The number of amides is 1. The number of rotatable bonds is 4. The number of thiophene rings is 1. The molecule has 0 spiro atoms. The standard InChI is InChI=1S/C13H19NO3S/c1-8-6-10(9(2)18-8)11(15)14-7-13(3,4)12(16)17-5/h6H,7H2,1-5H3,(H,14,15). The van der Waals surface area contributed by atoms with Crippen LogP contribution in [0.5, 0.6) is 0 Å². The molecule has 5 heteroatoms. The molecule has 0 fully saturated rings. The summed E-state index contributed by atoms with van der Waals surface area (Å²) < 4.78 is 4.69. The number of aryl methyl sites for hydroxylation is 2. The van der Waals surface area contributed by atoms with E-state index in [1.807, 2.05) is 19.9 Å². The predicted octanol–water partition coefficient (Wildman–Crippen LogP) is 2.29. The van der Waals surface area contributed by atoms with E-state index in [-0.39, 0.29) is 18.4 Å². The maximum absolute atomic E-state index is 12.0. The Hall–Kier alpha value is -1.36. The minimum atomic E-state index is -0.719.